The van der Waals surface area contributed by atoms with Gasteiger partial charge in [-0.05, 0) is 26.0 Å². The van der Waals surface area contributed by atoms with E-state index in [-0.39, 0.29) is 24.2 Å². The van der Waals surface area contributed by atoms with Crippen LogP contribution >= 0.6 is 0 Å². The molecule has 0 unspecified atom stereocenters. The van der Waals surface area contributed by atoms with Crippen molar-refractivity contribution in [1.82, 2.24) is 20.1 Å². The summed E-state index contributed by atoms with van der Waals surface area (Å²) in [7, 11) is 0. The summed E-state index contributed by atoms with van der Waals surface area (Å²) < 4.78 is 10.6. The molecular weight excluding hydrogens is 388 g/mol. The number of rotatable bonds is 6. The van der Waals surface area contributed by atoms with Crippen molar-refractivity contribution in [2.45, 2.75) is 13.8 Å². The third-order valence-electron chi connectivity index (χ3n) is 4.77. The Bertz CT molecular complexity index is 925. The number of hydrogen-bond donors (Lipinski definition) is 1. The van der Waals surface area contributed by atoms with Crippen molar-refractivity contribution >= 4 is 28.8 Å². The number of carbonyl (C=O) groups excluding carboxylic acids is 3. The van der Waals surface area contributed by atoms with Crippen molar-refractivity contribution in [3.8, 4) is 5.75 Å². The SMILES string of the molecule is CCOC(=O)N1CCN(C(=O)CNC(=O)c2cc(OCC)c3ccccc3n2)CC1. The van der Waals surface area contributed by atoms with Gasteiger partial charge in [0.15, 0.2) is 0 Å². The Labute approximate surface area is 174 Å². The zero-order chi connectivity index (χ0) is 21.5. The highest BCUT2D eigenvalue weighted by Gasteiger charge is 2.25. The Kier molecular flexibility index (Phi) is 7.05. The van der Waals surface area contributed by atoms with Crippen LogP contribution in [0, 0.1) is 0 Å². The Morgan fingerprint density at radius 2 is 1.73 bits per heavy atom. The van der Waals surface area contributed by atoms with Crippen LogP contribution < -0.4 is 10.1 Å². The van der Waals surface area contributed by atoms with Gasteiger partial charge >= 0.3 is 6.09 Å². The van der Waals surface area contributed by atoms with Crippen LogP contribution in [0.3, 0.4) is 0 Å². The topological polar surface area (TPSA) is 101 Å². The van der Waals surface area contributed by atoms with E-state index in [1.165, 1.54) is 0 Å². The van der Waals surface area contributed by atoms with Gasteiger partial charge in [-0.25, -0.2) is 9.78 Å². The van der Waals surface area contributed by atoms with Crippen molar-refractivity contribution in [3.05, 3.63) is 36.0 Å². The van der Waals surface area contributed by atoms with E-state index in [4.69, 9.17) is 9.47 Å². The Hall–Kier alpha value is -3.36. The lowest BCUT2D eigenvalue weighted by atomic mass is 10.1. The minimum absolute atomic E-state index is 0.142. The molecule has 30 heavy (non-hydrogen) atoms. The molecule has 1 fully saturated rings. The molecule has 0 saturated carbocycles. The molecule has 1 aliphatic heterocycles. The molecule has 1 N–H and O–H groups in total. The monoisotopic (exact) mass is 414 g/mol. The number of aromatic nitrogens is 1. The van der Waals surface area contributed by atoms with E-state index in [0.29, 0.717) is 50.7 Å². The molecule has 1 aromatic heterocycles. The van der Waals surface area contributed by atoms with Crippen LogP contribution in [0.4, 0.5) is 4.79 Å². The third kappa shape index (κ3) is 4.97. The van der Waals surface area contributed by atoms with Gasteiger partial charge in [-0.3, -0.25) is 9.59 Å². The third-order valence-corrected chi connectivity index (χ3v) is 4.77. The fourth-order valence-corrected chi connectivity index (χ4v) is 3.25. The molecule has 1 aromatic carbocycles. The first-order chi connectivity index (χ1) is 14.5. The van der Waals surface area contributed by atoms with Crippen molar-refractivity contribution < 1.29 is 23.9 Å². The molecule has 1 saturated heterocycles. The van der Waals surface area contributed by atoms with Crippen LogP contribution in [0.2, 0.25) is 0 Å². The van der Waals surface area contributed by atoms with E-state index in [1.807, 2.05) is 31.2 Å². The first kappa shape index (κ1) is 21.4. The summed E-state index contributed by atoms with van der Waals surface area (Å²) in [6.45, 7) is 5.87. The lowest BCUT2D eigenvalue weighted by molar-refractivity contribution is -0.131. The standard InChI is InChI=1S/C21H26N4O5/c1-3-29-18-13-17(23-16-8-6-5-7-15(16)18)20(27)22-14-19(26)24-9-11-25(12-10-24)21(28)30-4-2/h5-8,13H,3-4,9-12,14H2,1-2H3,(H,22,27). The predicted molar refractivity (Wildman–Crippen MR) is 110 cm³/mol. The first-order valence-corrected chi connectivity index (χ1v) is 10.0. The summed E-state index contributed by atoms with van der Waals surface area (Å²) in [6, 6.07) is 9.00. The summed E-state index contributed by atoms with van der Waals surface area (Å²) in [6.07, 6.45) is -0.370. The molecule has 2 heterocycles. The van der Waals surface area contributed by atoms with Gasteiger partial charge in [0.25, 0.3) is 5.91 Å². The van der Waals surface area contributed by atoms with Gasteiger partial charge in [0.1, 0.15) is 11.4 Å². The zero-order valence-electron chi connectivity index (χ0n) is 17.2. The number of fused-ring (bicyclic) bond motifs is 1. The van der Waals surface area contributed by atoms with Crippen LogP contribution in [0.15, 0.2) is 30.3 Å². The quantitative estimate of drug-likeness (QED) is 0.772. The number of benzene rings is 1. The van der Waals surface area contributed by atoms with E-state index < -0.39 is 5.91 Å². The summed E-state index contributed by atoms with van der Waals surface area (Å²) in [4.78, 5) is 44.3. The second-order valence-corrected chi connectivity index (χ2v) is 6.71. The van der Waals surface area contributed by atoms with E-state index in [1.54, 1.807) is 22.8 Å². The molecule has 9 nitrogen and oxygen atoms in total. The van der Waals surface area contributed by atoms with Crippen LogP contribution in [-0.2, 0) is 9.53 Å². The Morgan fingerprint density at radius 1 is 1.03 bits per heavy atom. The predicted octanol–water partition coefficient (Wildman–Crippen LogP) is 1.66. The highest BCUT2D eigenvalue weighted by molar-refractivity contribution is 5.98. The second kappa shape index (κ2) is 9.91. The van der Waals surface area contributed by atoms with Crippen molar-refractivity contribution in [3.63, 3.8) is 0 Å². The van der Waals surface area contributed by atoms with E-state index >= 15 is 0 Å². The normalized spacial score (nSPS) is 13.8. The first-order valence-electron chi connectivity index (χ1n) is 10.0. The lowest BCUT2D eigenvalue weighted by Gasteiger charge is -2.34. The summed E-state index contributed by atoms with van der Waals surface area (Å²) in [5.41, 5.74) is 0.840. The minimum atomic E-state index is -0.444. The maximum absolute atomic E-state index is 12.6. The van der Waals surface area contributed by atoms with Crippen LogP contribution in [0.5, 0.6) is 5.75 Å². The fourth-order valence-electron chi connectivity index (χ4n) is 3.25. The molecule has 0 radical (unpaired) electrons. The Morgan fingerprint density at radius 3 is 2.43 bits per heavy atom. The second-order valence-electron chi connectivity index (χ2n) is 6.71. The molecule has 0 spiro atoms. The largest absolute Gasteiger partial charge is 0.493 e. The van der Waals surface area contributed by atoms with Crippen molar-refractivity contribution in [1.29, 1.82) is 0 Å². The molecule has 3 amide bonds. The molecule has 0 atom stereocenters. The van der Waals surface area contributed by atoms with Crippen molar-refractivity contribution in [2.75, 3.05) is 45.9 Å². The molecule has 3 rings (SSSR count). The van der Waals surface area contributed by atoms with Gasteiger partial charge in [-0.1, -0.05) is 12.1 Å². The highest BCUT2D eigenvalue weighted by Crippen LogP contribution is 2.25. The number of para-hydroxylation sites is 1. The number of amides is 3. The molecule has 9 heteroatoms. The summed E-state index contributed by atoms with van der Waals surface area (Å²) >= 11 is 0. The van der Waals surface area contributed by atoms with Crippen molar-refractivity contribution in [2.24, 2.45) is 0 Å². The van der Waals surface area contributed by atoms with E-state index in [2.05, 4.69) is 10.3 Å². The molecule has 0 aliphatic carbocycles. The minimum Gasteiger partial charge on any atom is -0.493 e. The maximum Gasteiger partial charge on any atom is 0.409 e. The number of piperazine rings is 1. The lowest BCUT2D eigenvalue weighted by Crippen LogP contribution is -2.52. The van der Waals surface area contributed by atoms with Gasteiger partial charge < -0.3 is 24.6 Å². The van der Waals surface area contributed by atoms with Gasteiger partial charge in [-0.15, -0.1) is 0 Å². The zero-order valence-corrected chi connectivity index (χ0v) is 17.2. The molecule has 1 aliphatic rings. The molecule has 0 bridgehead atoms. The van der Waals surface area contributed by atoms with Gasteiger partial charge in [-0.2, -0.15) is 0 Å². The van der Waals surface area contributed by atoms with Gasteiger partial charge in [0, 0.05) is 37.6 Å². The number of pyridine rings is 1. The molecular formula is C21H26N4O5. The number of carbonyl (C=O) groups is 3. The van der Waals surface area contributed by atoms with Gasteiger partial charge in [0.05, 0.1) is 25.3 Å². The highest BCUT2D eigenvalue weighted by atomic mass is 16.6. The number of nitrogens with zero attached hydrogens (tertiary/aromatic N) is 3. The maximum atomic E-state index is 12.6. The number of hydrogen-bond acceptors (Lipinski definition) is 6. The average Bonchev–Trinajstić information content (AvgIpc) is 2.77. The molecule has 160 valence electrons. The summed E-state index contributed by atoms with van der Waals surface area (Å²) in [5.74, 6) is -0.0763. The Balaban J connectivity index is 1.58. The summed E-state index contributed by atoms with van der Waals surface area (Å²) in [5, 5.41) is 3.46. The fraction of sp³-hybridized carbons (Fsp3) is 0.429. The van der Waals surface area contributed by atoms with Crippen LogP contribution in [0.25, 0.3) is 10.9 Å². The van der Waals surface area contributed by atoms with Crippen LogP contribution in [0.1, 0.15) is 24.3 Å². The molecule has 2 aromatic rings. The average molecular weight is 414 g/mol. The smallest absolute Gasteiger partial charge is 0.409 e. The van der Waals surface area contributed by atoms with Crippen LogP contribution in [-0.4, -0.2) is 78.6 Å². The number of ether oxygens (including phenoxy) is 2. The van der Waals surface area contributed by atoms with Gasteiger partial charge in [0.2, 0.25) is 5.91 Å². The van der Waals surface area contributed by atoms with E-state index in [0.717, 1.165) is 5.39 Å². The number of nitrogens with one attached hydrogen (secondary N) is 1. The van der Waals surface area contributed by atoms with E-state index in [9.17, 15) is 14.4 Å².